The third kappa shape index (κ3) is 3.21. The second-order valence-electron chi connectivity index (χ2n) is 7.63. The number of halogens is 1. The van der Waals surface area contributed by atoms with Crippen molar-refractivity contribution in [2.24, 2.45) is 0 Å². The third-order valence-corrected chi connectivity index (χ3v) is 6.55. The predicted octanol–water partition coefficient (Wildman–Crippen LogP) is 4.08. The molecule has 32 heavy (non-hydrogen) atoms. The topological polar surface area (TPSA) is 86.9 Å². The Hall–Kier alpha value is -3.43. The number of nitrogens with one attached hydrogen (secondary N) is 2. The van der Waals surface area contributed by atoms with Crippen molar-refractivity contribution in [2.45, 2.75) is 10.1 Å². The van der Waals surface area contributed by atoms with Gasteiger partial charge in [0.15, 0.2) is 5.16 Å². The number of benzene rings is 2. The van der Waals surface area contributed by atoms with Gasteiger partial charge in [-0.2, -0.15) is 0 Å². The zero-order valence-corrected chi connectivity index (χ0v) is 17.7. The van der Waals surface area contributed by atoms with Crippen LogP contribution in [0.1, 0.15) is 0 Å². The van der Waals surface area contributed by atoms with Crippen LogP contribution in [0.4, 0.5) is 10.1 Å². The number of hydrogen-bond acceptors (Lipinski definition) is 6. The highest BCUT2D eigenvalue weighted by Crippen LogP contribution is 2.36. The number of fused-ring (bicyclic) bond motifs is 6. The minimum Gasteiger partial charge on any atom is -0.378 e. The third-order valence-electron chi connectivity index (χ3n) is 5.71. The van der Waals surface area contributed by atoms with E-state index in [4.69, 9.17) is 9.72 Å². The highest BCUT2D eigenvalue weighted by Gasteiger charge is 2.17. The van der Waals surface area contributed by atoms with Crippen LogP contribution in [0.3, 0.4) is 0 Å². The Kier molecular flexibility index (Phi) is 4.58. The van der Waals surface area contributed by atoms with Gasteiger partial charge < -0.3 is 19.6 Å². The molecule has 7 nitrogen and oxygen atoms in total. The summed E-state index contributed by atoms with van der Waals surface area (Å²) in [7, 11) is 0. The zero-order chi connectivity index (χ0) is 21.7. The molecule has 2 aromatic carbocycles. The molecule has 1 fully saturated rings. The van der Waals surface area contributed by atoms with Gasteiger partial charge in [-0.25, -0.2) is 9.37 Å². The standard InChI is InChI=1S/C23H18FN5O2S/c24-13-1-2-16-18(9-13)19-17(3-4-26-22(19)30)21-20(16)27-23(28-21)32-15-10-14(11-25-12-15)29-5-7-31-8-6-29/h1-4,9-12H,5-8H2,(H,26,30)(H,27,28). The summed E-state index contributed by atoms with van der Waals surface area (Å²) in [4.78, 5) is 31.0. The lowest BCUT2D eigenvalue weighted by molar-refractivity contribution is 0.122. The van der Waals surface area contributed by atoms with E-state index in [0.29, 0.717) is 40.0 Å². The Labute approximate surface area is 185 Å². The molecule has 0 radical (unpaired) electrons. The highest BCUT2D eigenvalue weighted by molar-refractivity contribution is 7.99. The summed E-state index contributed by atoms with van der Waals surface area (Å²) in [5.41, 5.74) is 2.25. The molecule has 3 aromatic heterocycles. The molecule has 0 amide bonds. The SMILES string of the molecule is O=c1[nH]ccc2c3nc(Sc4cncc(N5CCOCC5)c4)[nH]c3c3ccc(F)cc3c12. The molecule has 0 spiro atoms. The average Bonchev–Trinajstić information content (AvgIpc) is 3.24. The first-order valence-electron chi connectivity index (χ1n) is 10.3. The van der Waals surface area contributed by atoms with Gasteiger partial charge in [0.2, 0.25) is 0 Å². The number of pyridine rings is 2. The number of anilines is 1. The molecule has 4 heterocycles. The van der Waals surface area contributed by atoms with Crippen molar-refractivity contribution in [1.82, 2.24) is 19.9 Å². The van der Waals surface area contributed by atoms with Crippen LogP contribution in [-0.2, 0) is 4.74 Å². The molecule has 1 aliphatic heterocycles. The number of aromatic nitrogens is 4. The van der Waals surface area contributed by atoms with E-state index in [0.717, 1.165) is 34.6 Å². The van der Waals surface area contributed by atoms with Crippen LogP contribution >= 0.6 is 11.8 Å². The molecule has 2 N–H and O–H groups in total. The Morgan fingerprint density at radius 3 is 2.81 bits per heavy atom. The smallest absolute Gasteiger partial charge is 0.256 e. The lowest BCUT2D eigenvalue weighted by atomic mass is 10.0. The summed E-state index contributed by atoms with van der Waals surface area (Å²) >= 11 is 1.47. The molecule has 0 atom stereocenters. The minimum absolute atomic E-state index is 0.264. The monoisotopic (exact) mass is 447 g/mol. The van der Waals surface area contributed by atoms with Gasteiger partial charge in [-0.1, -0.05) is 11.8 Å². The lowest BCUT2D eigenvalue weighted by Gasteiger charge is -2.28. The van der Waals surface area contributed by atoms with Crippen LogP contribution in [0, 0.1) is 5.82 Å². The van der Waals surface area contributed by atoms with Crippen molar-refractivity contribution in [2.75, 3.05) is 31.2 Å². The van der Waals surface area contributed by atoms with Crippen molar-refractivity contribution >= 4 is 50.0 Å². The number of morpholine rings is 1. The summed E-state index contributed by atoms with van der Waals surface area (Å²) in [6.07, 6.45) is 5.25. The second-order valence-corrected chi connectivity index (χ2v) is 8.69. The van der Waals surface area contributed by atoms with Gasteiger partial charge in [0.25, 0.3) is 5.56 Å². The maximum absolute atomic E-state index is 14.0. The number of aromatic amines is 2. The number of ether oxygens (including phenoxy) is 1. The van der Waals surface area contributed by atoms with Crippen LogP contribution in [0.15, 0.2) is 63.8 Å². The van der Waals surface area contributed by atoms with Crippen molar-refractivity contribution < 1.29 is 9.13 Å². The van der Waals surface area contributed by atoms with Crippen molar-refractivity contribution in [3.05, 3.63) is 65.1 Å². The summed E-state index contributed by atoms with van der Waals surface area (Å²) in [5, 5.41) is 3.12. The molecule has 0 saturated carbocycles. The van der Waals surface area contributed by atoms with E-state index in [9.17, 15) is 9.18 Å². The van der Waals surface area contributed by atoms with Crippen LogP contribution in [0.25, 0.3) is 32.6 Å². The molecule has 0 aliphatic carbocycles. The number of nitrogens with zero attached hydrogens (tertiary/aromatic N) is 3. The van der Waals surface area contributed by atoms with Gasteiger partial charge in [0, 0.05) is 46.5 Å². The van der Waals surface area contributed by atoms with E-state index in [1.807, 2.05) is 6.20 Å². The van der Waals surface area contributed by atoms with Crippen LogP contribution in [-0.4, -0.2) is 46.2 Å². The molecule has 1 saturated heterocycles. The van der Waals surface area contributed by atoms with Gasteiger partial charge in [-0.3, -0.25) is 9.78 Å². The quantitative estimate of drug-likeness (QED) is 0.406. The Bertz CT molecular complexity index is 1540. The summed E-state index contributed by atoms with van der Waals surface area (Å²) in [6.45, 7) is 3.09. The van der Waals surface area contributed by atoms with Gasteiger partial charge in [-0.15, -0.1) is 0 Å². The van der Waals surface area contributed by atoms with Crippen molar-refractivity contribution in [3.63, 3.8) is 0 Å². The first-order chi connectivity index (χ1) is 15.7. The summed E-state index contributed by atoms with van der Waals surface area (Å²) in [5.74, 6) is -0.387. The van der Waals surface area contributed by atoms with Crippen molar-refractivity contribution in [3.8, 4) is 0 Å². The van der Waals surface area contributed by atoms with E-state index in [2.05, 4.69) is 25.9 Å². The number of H-pyrrole nitrogens is 2. The second kappa shape index (κ2) is 7.61. The molecule has 9 heteroatoms. The number of rotatable bonds is 3. The molecule has 1 aliphatic rings. The molecule has 160 valence electrons. The maximum atomic E-state index is 14.0. The molecule has 6 rings (SSSR count). The predicted molar refractivity (Wildman–Crippen MR) is 123 cm³/mol. The lowest BCUT2D eigenvalue weighted by Crippen LogP contribution is -2.36. The minimum atomic E-state index is -0.387. The average molecular weight is 447 g/mol. The molecule has 0 unspecified atom stereocenters. The van der Waals surface area contributed by atoms with Crippen LogP contribution < -0.4 is 10.5 Å². The fraction of sp³-hybridized carbons (Fsp3) is 0.174. The maximum Gasteiger partial charge on any atom is 0.256 e. The molecular weight excluding hydrogens is 429 g/mol. The Balaban J connectivity index is 1.48. The summed E-state index contributed by atoms with van der Waals surface area (Å²) in [6, 6.07) is 8.38. The fourth-order valence-electron chi connectivity index (χ4n) is 4.24. The van der Waals surface area contributed by atoms with Gasteiger partial charge in [0.1, 0.15) is 5.82 Å². The van der Waals surface area contributed by atoms with Gasteiger partial charge in [0.05, 0.1) is 41.5 Å². The largest absolute Gasteiger partial charge is 0.378 e. The number of hydrogen-bond donors (Lipinski definition) is 2. The van der Waals surface area contributed by atoms with Crippen LogP contribution in [0.2, 0.25) is 0 Å². The first-order valence-corrected chi connectivity index (χ1v) is 11.1. The molecule has 5 aromatic rings. The normalized spacial score (nSPS) is 14.6. The summed E-state index contributed by atoms with van der Waals surface area (Å²) < 4.78 is 19.5. The van der Waals surface area contributed by atoms with E-state index in [1.165, 1.54) is 23.9 Å². The van der Waals surface area contributed by atoms with Crippen LogP contribution in [0.5, 0.6) is 0 Å². The fourth-order valence-corrected chi connectivity index (χ4v) is 5.05. The van der Waals surface area contributed by atoms with E-state index >= 15 is 0 Å². The first kappa shape index (κ1) is 19.3. The van der Waals surface area contributed by atoms with Crippen molar-refractivity contribution in [1.29, 1.82) is 0 Å². The van der Waals surface area contributed by atoms with E-state index in [1.54, 1.807) is 24.5 Å². The highest BCUT2D eigenvalue weighted by atomic mass is 32.2. The molecular formula is C23H18FN5O2S. The van der Waals surface area contributed by atoms with Gasteiger partial charge in [-0.05, 0) is 30.3 Å². The Morgan fingerprint density at radius 1 is 1.06 bits per heavy atom. The van der Waals surface area contributed by atoms with E-state index < -0.39 is 0 Å². The molecule has 0 bridgehead atoms. The zero-order valence-electron chi connectivity index (χ0n) is 16.9. The number of imidazole rings is 1. The van der Waals surface area contributed by atoms with E-state index in [-0.39, 0.29) is 11.4 Å². The van der Waals surface area contributed by atoms with Gasteiger partial charge >= 0.3 is 0 Å². The Morgan fingerprint density at radius 2 is 1.94 bits per heavy atom.